The first-order valence-electron chi connectivity index (χ1n) is 11.8. The number of methoxy groups -OCH3 is 4. The van der Waals surface area contributed by atoms with E-state index in [0.717, 1.165) is 62.9 Å². The van der Waals surface area contributed by atoms with Crippen LogP contribution in [-0.2, 0) is 11.2 Å². The molecule has 1 amide bonds. The number of carbonyl (C=O) groups excluding carboxylic acids is 1. The van der Waals surface area contributed by atoms with Gasteiger partial charge in [0, 0.05) is 29.0 Å². The Labute approximate surface area is 212 Å². The zero-order chi connectivity index (χ0) is 25.4. The van der Waals surface area contributed by atoms with Crippen LogP contribution in [0.3, 0.4) is 0 Å². The molecule has 0 spiro atoms. The van der Waals surface area contributed by atoms with Crippen molar-refractivity contribution in [3.63, 3.8) is 0 Å². The van der Waals surface area contributed by atoms with Gasteiger partial charge in [-0.05, 0) is 58.9 Å². The van der Waals surface area contributed by atoms with Gasteiger partial charge < -0.3 is 24.3 Å². The van der Waals surface area contributed by atoms with Gasteiger partial charge in [-0.15, -0.1) is 0 Å². The molecule has 36 heavy (non-hydrogen) atoms. The summed E-state index contributed by atoms with van der Waals surface area (Å²) in [6, 6.07) is 16.4. The van der Waals surface area contributed by atoms with Crippen LogP contribution in [0, 0.1) is 0 Å². The summed E-state index contributed by atoms with van der Waals surface area (Å²) in [6.07, 6.45) is 4.01. The van der Waals surface area contributed by atoms with Crippen LogP contribution in [0.25, 0.3) is 22.5 Å². The Balaban J connectivity index is 1.81. The SMILES string of the molecule is COc1cc2c(cc1OC)C(NC(C)=O)=[PH]1CCc3c(cc(-c4ccccc4)c(OC)c3OC)C1=C2. The number of fused-ring (bicyclic) bond motifs is 4. The summed E-state index contributed by atoms with van der Waals surface area (Å²) in [6.45, 7) is 1.56. The van der Waals surface area contributed by atoms with E-state index in [1.165, 1.54) is 5.31 Å². The molecule has 2 aliphatic heterocycles. The van der Waals surface area contributed by atoms with Gasteiger partial charge in [-0.25, -0.2) is 0 Å². The lowest BCUT2D eigenvalue weighted by Crippen LogP contribution is -2.31. The smallest absolute Gasteiger partial charge is 0.221 e. The van der Waals surface area contributed by atoms with E-state index < -0.39 is 7.55 Å². The normalized spacial score (nSPS) is 15.6. The van der Waals surface area contributed by atoms with E-state index in [4.69, 9.17) is 18.9 Å². The van der Waals surface area contributed by atoms with Gasteiger partial charge in [-0.2, -0.15) is 0 Å². The Kier molecular flexibility index (Phi) is 6.55. The van der Waals surface area contributed by atoms with Crippen LogP contribution in [0.5, 0.6) is 23.0 Å². The number of ether oxygens (including phenoxy) is 4. The third-order valence-electron chi connectivity index (χ3n) is 6.80. The van der Waals surface area contributed by atoms with Crippen LogP contribution in [0.1, 0.15) is 29.2 Å². The molecule has 1 N–H and O–H groups in total. The molecule has 2 aliphatic rings. The molecule has 3 aromatic carbocycles. The molecule has 1 atom stereocenters. The monoisotopic (exact) mass is 503 g/mol. The highest BCUT2D eigenvalue weighted by atomic mass is 31.1. The molecule has 5 rings (SSSR count). The summed E-state index contributed by atoms with van der Waals surface area (Å²) >= 11 is 0. The maximum atomic E-state index is 12.3. The summed E-state index contributed by atoms with van der Waals surface area (Å²) in [5, 5.41) is 4.42. The molecular formula is C29H30NO5P. The van der Waals surface area contributed by atoms with Gasteiger partial charge in [0.05, 0.1) is 28.4 Å². The predicted molar refractivity (Wildman–Crippen MR) is 147 cm³/mol. The highest BCUT2D eigenvalue weighted by Crippen LogP contribution is 2.57. The van der Waals surface area contributed by atoms with Crippen molar-refractivity contribution in [3.05, 3.63) is 70.8 Å². The van der Waals surface area contributed by atoms with Crippen LogP contribution in [0.15, 0.2) is 48.5 Å². The summed E-state index contributed by atoms with van der Waals surface area (Å²) in [4.78, 5) is 12.3. The molecule has 0 fully saturated rings. The maximum Gasteiger partial charge on any atom is 0.221 e. The summed E-state index contributed by atoms with van der Waals surface area (Å²) < 4.78 is 23.0. The summed E-state index contributed by atoms with van der Waals surface area (Å²) in [7, 11) is 5.37. The quantitative estimate of drug-likeness (QED) is 0.464. The second-order valence-electron chi connectivity index (χ2n) is 8.77. The Hall–Kier alpha value is -3.63. The standard InChI is InChI=1S/C29H30NO5P/c1-17(31)30-29-22-16-25(33-3)24(32-2)13-19(22)14-26-23-15-21(18-9-7-6-8-10-18)28(35-5)27(34-4)20(23)11-12-36(26)29/h6-10,13-16,36H,11-12H2,1-5H3,(H,30,31). The Morgan fingerprint density at radius 1 is 0.833 bits per heavy atom. The van der Waals surface area contributed by atoms with Crippen molar-refractivity contribution in [3.8, 4) is 34.1 Å². The average Bonchev–Trinajstić information content (AvgIpc) is 2.91. The highest BCUT2D eigenvalue weighted by molar-refractivity contribution is 7.70. The van der Waals surface area contributed by atoms with E-state index in [-0.39, 0.29) is 5.91 Å². The Morgan fingerprint density at radius 3 is 2.17 bits per heavy atom. The Bertz CT molecular complexity index is 1430. The number of nitrogens with one attached hydrogen (secondary N) is 1. The van der Waals surface area contributed by atoms with Crippen molar-refractivity contribution in [2.75, 3.05) is 34.6 Å². The fourth-order valence-electron chi connectivity index (χ4n) is 5.26. The zero-order valence-corrected chi connectivity index (χ0v) is 22.2. The molecule has 0 saturated heterocycles. The molecule has 1 unspecified atom stereocenters. The molecule has 0 aromatic heterocycles. The molecule has 3 aromatic rings. The lowest BCUT2D eigenvalue weighted by atomic mass is 9.93. The first-order valence-corrected chi connectivity index (χ1v) is 13.5. The molecule has 186 valence electrons. The number of amides is 1. The molecule has 7 heteroatoms. The minimum atomic E-state index is -1.28. The molecule has 6 nitrogen and oxygen atoms in total. The lowest BCUT2D eigenvalue weighted by molar-refractivity contribution is -0.117. The minimum Gasteiger partial charge on any atom is -0.493 e. The van der Waals surface area contributed by atoms with Gasteiger partial charge in [0.1, 0.15) is 0 Å². The second-order valence-corrected chi connectivity index (χ2v) is 11.3. The topological polar surface area (TPSA) is 66.0 Å². The van der Waals surface area contributed by atoms with E-state index >= 15 is 0 Å². The number of benzene rings is 3. The number of rotatable bonds is 6. The van der Waals surface area contributed by atoms with E-state index in [1.807, 2.05) is 30.3 Å². The maximum absolute atomic E-state index is 12.3. The van der Waals surface area contributed by atoms with Crippen LogP contribution in [0.4, 0.5) is 0 Å². The van der Waals surface area contributed by atoms with Gasteiger partial charge in [0.25, 0.3) is 0 Å². The van der Waals surface area contributed by atoms with Gasteiger partial charge in [0.15, 0.2) is 23.0 Å². The van der Waals surface area contributed by atoms with Crippen molar-refractivity contribution >= 4 is 30.3 Å². The van der Waals surface area contributed by atoms with E-state index in [0.29, 0.717) is 11.5 Å². The third-order valence-corrected chi connectivity index (χ3v) is 9.61. The number of hydrogen-bond acceptors (Lipinski definition) is 5. The van der Waals surface area contributed by atoms with Crippen molar-refractivity contribution in [2.24, 2.45) is 0 Å². The highest BCUT2D eigenvalue weighted by Gasteiger charge is 2.31. The van der Waals surface area contributed by atoms with Gasteiger partial charge >= 0.3 is 0 Å². The predicted octanol–water partition coefficient (Wildman–Crippen LogP) is 5.28. The molecule has 2 heterocycles. The fourth-order valence-corrected chi connectivity index (χ4v) is 8.29. The molecule has 0 aliphatic carbocycles. The van der Waals surface area contributed by atoms with Gasteiger partial charge in [0.2, 0.25) is 5.91 Å². The van der Waals surface area contributed by atoms with Crippen molar-refractivity contribution in [2.45, 2.75) is 13.3 Å². The molecule has 0 bridgehead atoms. The molecular weight excluding hydrogens is 473 g/mol. The Morgan fingerprint density at radius 2 is 1.53 bits per heavy atom. The first-order chi connectivity index (χ1) is 17.5. The van der Waals surface area contributed by atoms with Crippen molar-refractivity contribution in [1.82, 2.24) is 5.32 Å². The zero-order valence-electron chi connectivity index (χ0n) is 21.2. The fraction of sp³-hybridized carbons (Fsp3) is 0.241. The molecule has 0 saturated carbocycles. The summed E-state index contributed by atoms with van der Waals surface area (Å²) in [5.74, 6) is 2.74. The van der Waals surface area contributed by atoms with Gasteiger partial charge in [-0.3, -0.25) is 4.79 Å². The first kappa shape index (κ1) is 24.1. The average molecular weight is 504 g/mol. The third kappa shape index (κ3) is 3.96. The van der Waals surface area contributed by atoms with Crippen LogP contribution in [-0.4, -0.2) is 45.9 Å². The summed E-state index contributed by atoms with van der Waals surface area (Å²) in [5.41, 5.74) is 7.30. The minimum absolute atomic E-state index is 0.0763. The lowest BCUT2D eigenvalue weighted by Gasteiger charge is -2.32. The van der Waals surface area contributed by atoms with Crippen molar-refractivity contribution < 1.29 is 23.7 Å². The van der Waals surface area contributed by atoms with E-state index in [9.17, 15) is 4.79 Å². The second kappa shape index (κ2) is 9.79. The van der Waals surface area contributed by atoms with Crippen LogP contribution in [0.2, 0.25) is 0 Å². The number of hydrogen-bond donors (Lipinski definition) is 1. The largest absolute Gasteiger partial charge is 0.493 e. The van der Waals surface area contributed by atoms with E-state index in [1.54, 1.807) is 35.4 Å². The molecule has 0 radical (unpaired) electrons. The van der Waals surface area contributed by atoms with Gasteiger partial charge in [-0.1, -0.05) is 37.9 Å². The van der Waals surface area contributed by atoms with Crippen molar-refractivity contribution in [1.29, 1.82) is 0 Å². The van der Waals surface area contributed by atoms with Crippen LogP contribution < -0.4 is 24.3 Å². The number of carbonyl (C=O) groups is 1. The van der Waals surface area contributed by atoms with Crippen LogP contribution >= 0.6 is 7.55 Å². The van der Waals surface area contributed by atoms with E-state index in [2.05, 4.69) is 29.6 Å².